The van der Waals surface area contributed by atoms with Gasteiger partial charge in [0.15, 0.2) is 11.5 Å². The number of rotatable bonds is 12. The zero-order valence-corrected chi connectivity index (χ0v) is 25.8. The summed E-state index contributed by atoms with van der Waals surface area (Å²) in [5.74, 6) is -0.491. The van der Waals surface area contributed by atoms with Crippen molar-refractivity contribution in [2.24, 2.45) is 0 Å². The first-order valence-electron chi connectivity index (χ1n) is 12.7. The van der Waals surface area contributed by atoms with Crippen LogP contribution >= 0.6 is 23.2 Å². The molecule has 3 aromatic rings. The summed E-state index contributed by atoms with van der Waals surface area (Å²) >= 11 is 12.8. The molecule has 41 heavy (non-hydrogen) atoms. The van der Waals surface area contributed by atoms with E-state index in [2.05, 4.69) is 5.32 Å². The van der Waals surface area contributed by atoms with E-state index in [0.29, 0.717) is 21.4 Å². The van der Waals surface area contributed by atoms with Gasteiger partial charge >= 0.3 is 0 Å². The molecule has 220 valence electrons. The van der Waals surface area contributed by atoms with Crippen LogP contribution in [0.2, 0.25) is 10.0 Å². The molecule has 0 aliphatic heterocycles. The van der Waals surface area contributed by atoms with Gasteiger partial charge in [-0.3, -0.25) is 13.9 Å². The molecule has 0 bridgehead atoms. The minimum absolute atomic E-state index is 0.113. The lowest BCUT2D eigenvalue weighted by Gasteiger charge is -2.32. The van der Waals surface area contributed by atoms with Gasteiger partial charge in [-0.15, -0.1) is 0 Å². The maximum absolute atomic E-state index is 14.0. The average molecular weight is 623 g/mol. The fourth-order valence-corrected chi connectivity index (χ4v) is 6.02. The van der Waals surface area contributed by atoms with Gasteiger partial charge in [0.05, 0.1) is 24.8 Å². The molecule has 0 fully saturated rings. The first-order chi connectivity index (χ1) is 19.4. The van der Waals surface area contributed by atoms with E-state index >= 15 is 0 Å². The Morgan fingerprint density at radius 1 is 0.878 bits per heavy atom. The Morgan fingerprint density at radius 3 is 2.05 bits per heavy atom. The van der Waals surface area contributed by atoms with Crippen LogP contribution in [0.25, 0.3) is 0 Å². The number of nitrogens with zero attached hydrogens (tertiary/aromatic N) is 2. The lowest BCUT2D eigenvalue weighted by atomic mass is 10.1. The Hall–Kier alpha value is -3.47. The first kappa shape index (κ1) is 32.0. The number of anilines is 1. The van der Waals surface area contributed by atoms with Gasteiger partial charge in [-0.2, -0.15) is 0 Å². The number of nitrogens with one attached hydrogen (secondary N) is 1. The topological polar surface area (TPSA) is 105 Å². The van der Waals surface area contributed by atoms with Crippen molar-refractivity contribution in [3.63, 3.8) is 0 Å². The summed E-state index contributed by atoms with van der Waals surface area (Å²) in [6.07, 6.45) is 0. The number of benzene rings is 3. The molecule has 1 N–H and O–H groups in total. The normalized spacial score (nSPS) is 12.0. The van der Waals surface area contributed by atoms with Gasteiger partial charge in [0, 0.05) is 34.3 Å². The number of halogens is 2. The summed E-state index contributed by atoms with van der Waals surface area (Å²) in [5.41, 5.74) is 0.688. The largest absolute Gasteiger partial charge is 0.493 e. The van der Waals surface area contributed by atoms with Gasteiger partial charge in [-0.25, -0.2) is 8.42 Å². The molecule has 0 saturated heterocycles. The molecule has 0 aliphatic carbocycles. The number of amides is 2. The molecule has 0 aromatic heterocycles. The Balaban J connectivity index is 2.08. The number of methoxy groups -OCH3 is 2. The number of carbonyl (C=O) groups is 2. The minimum atomic E-state index is -4.30. The molecule has 3 aromatic carbocycles. The molecule has 1 atom stereocenters. The lowest BCUT2D eigenvalue weighted by Crippen LogP contribution is -2.52. The molecule has 0 radical (unpaired) electrons. The second-order valence-corrected chi connectivity index (χ2v) is 12.1. The Bertz CT molecular complexity index is 1460. The molecule has 0 unspecified atom stereocenters. The smallest absolute Gasteiger partial charge is 0.264 e. The van der Waals surface area contributed by atoms with E-state index in [1.807, 2.05) is 0 Å². The third kappa shape index (κ3) is 7.63. The van der Waals surface area contributed by atoms with Crippen LogP contribution in [0.15, 0.2) is 71.6 Å². The minimum Gasteiger partial charge on any atom is -0.493 e. The number of carbonyl (C=O) groups excluding carboxylic acids is 2. The number of hydrogen-bond acceptors (Lipinski definition) is 6. The van der Waals surface area contributed by atoms with Crippen LogP contribution in [0.1, 0.15) is 26.3 Å². The van der Waals surface area contributed by atoms with Crippen molar-refractivity contribution in [2.75, 3.05) is 25.1 Å². The van der Waals surface area contributed by atoms with E-state index < -0.39 is 34.4 Å². The highest BCUT2D eigenvalue weighted by Gasteiger charge is 2.33. The van der Waals surface area contributed by atoms with Crippen molar-refractivity contribution >= 4 is 50.7 Å². The zero-order chi connectivity index (χ0) is 30.3. The van der Waals surface area contributed by atoms with E-state index in [4.69, 9.17) is 32.7 Å². The average Bonchev–Trinajstić information content (AvgIpc) is 2.94. The molecule has 12 heteroatoms. The summed E-state index contributed by atoms with van der Waals surface area (Å²) in [6.45, 7) is 4.43. The van der Waals surface area contributed by atoms with Gasteiger partial charge in [-0.05, 0) is 57.2 Å². The summed E-state index contributed by atoms with van der Waals surface area (Å²) in [6, 6.07) is 16.2. The fraction of sp³-hybridized carbons (Fsp3) is 0.310. The number of ether oxygens (including phenoxy) is 2. The second kappa shape index (κ2) is 13.9. The Kier molecular flexibility index (Phi) is 10.9. The van der Waals surface area contributed by atoms with Crippen molar-refractivity contribution in [1.82, 2.24) is 10.2 Å². The Labute approximate surface area is 251 Å². The maximum Gasteiger partial charge on any atom is 0.264 e. The van der Waals surface area contributed by atoms with Crippen LogP contribution in [0.3, 0.4) is 0 Å². The zero-order valence-electron chi connectivity index (χ0n) is 23.4. The highest BCUT2D eigenvalue weighted by atomic mass is 35.5. The van der Waals surface area contributed by atoms with Crippen molar-refractivity contribution in [3.05, 3.63) is 82.3 Å². The highest BCUT2D eigenvalue weighted by molar-refractivity contribution is 7.92. The molecule has 0 aliphatic rings. The lowest BCUT2D eigenvalue weighted by molar-refractivity contribution is -0.139. The molecule has 9 nitrogen and oxygen atoms in total. The summed E-state index contributed by atoms with van der Waals surface area (Å²) in [7, 11) is -1.46. The van der Waals surface area contributed by atoms with Crippen LogP contribution in [0.4, 0.5) is 5.69 Å². The van der Waals surface area contributed by atoms with Crippen LogP contribution in [-0.2, 0) is 26.2 Å². The van der Waals surface area contributed by atoms with Crippen LogP contribution in [-0.4, -0.2) is 58.0 Å². The third-order valence-electron chi connectivity index (χ3n) is 6.25. The molecule has 0 saturated carbocycles. The van der Waals surface area contributed by atoms with Gasteiger partial charge in [0.2, 0.25) is 11.8 Å². The van der Waals surface area contributed by atoms with Crippen molar-refractivity contribution in [3.8, 4) is 11.5 Å². The summed E-state index contributed by atoms with van der Waals surface area (Å²) < 4.78 is 39.6. The Morgan fingerprint density at radius 2 is 1.49 bits per heavy atom. The van der Waals surface area contributed by atoms with E-state index in [1.165, 1.54) is 37.3 Å². The number of sulfonamides is 1. The fourth-order valence-electron chi connectivity index (χ4n) is 4.07. The van der Waals surface area contributed by atoms with Gasteiger partial charge in [0.1, 0.15) is 12.6 Å². The van der Waals surface area contributed by atoms with Crippen LogP contribution in [0, 0.1) is 0 Å². The van der Waals surface area contributed by atoms with E-state index in [-0.39, 0.29) is 28.9 Å². The molecule has 0 spiro atoms. The predicted molar refractivity (Wildman–Crippen MR) is 160 cm³/mol. The van der Waals surface area contributed by atoms with Crippen LogP contribution < -0.4 is 19.1 Å². The number of para-hydroxylation sites is 1. The molecule has 2 amide bonds. The quantitative estimate of drug-likeness (QED) is 0.300. The van der Waals surface area contributed by atoms with E-state index in [1.54, 1.807) is 69.3 Å². The number of hydrogen-bond donors (Lipinski definition) is 1. The summed E-state index contributed by atoms with van der Waals surface area (Å²) in [4.78, 5) is 28.2. The maximum atomic E-state index is 14.0. The molecular formula is C29H33Cl2N3O6S. The predicted octanol–water partition coefficient (Wildman–Crippen LogP) is 5.15. The molecule has 3 rings (SSSR count). The SMILES string of the molecule is COc1ccc(S(=O)(=O)N(CC(=O)N(Cc2c(Cl)cccc2Cl)[C@@H](C)C(=O)NC(C)C)c2ccccc2)cc1OC. The highest BCUT2D eigenvalue weighted by Crippen LogP contribution is 2.33. The third-order valence-corrected chi connectivity index (χ3v) is 8.73. The molecular weight excluding hydrogens is 589 g/mol. The standard InChI is InChI=1S/C29H33Cl2N3O6S/c1-19(2)32-29(36)20(3)33(17-23-24(30)12-9-13-25(23)31)28(35)18-34(21-10-7-6-8-11-21)41(37,38)22-14-15-26(39-4)27(16-22)40-5/h6-16,19-20H,17-18H2,1-5H3,(H,32,36)/t20-/m0/s1. The van der Waals surface area contributed by atoms with E-state index in [0.717, 1.165) is 4.31 Å². The van der Waals surface area contributed by atoms with Crippen molar-refractivity contribution in [2.45, 2.75) is 44.3 Å². The second-order valence-electron chi connectivity index (χ2n) is 9.43. The van der Waals surface area contributed by atoms with Gasteiger partial charge in [0.25, 0.3) is 10.0 Å². The van der Waals surface area contributed by atoms with Gasteiger partial charge < -0.3 is 19.7 Å². The summed E-state index contributed by atoms with van der Waals surface area (Å²) in [5, 5.41) is 3.42. The first-order valence-corrected chi connectivity index (χ1v) is 14.9. The van der Waals surface area contributed by atoms with Crippen molar-refractivity contribution in [1.29, 1.82) is 0 Å². The monoisotopic (exact) mass is 621 g/mol. The van der Waals surface area contributed by atoms with Gasteiger partial charge in [-0.1, -0.05) is 47.5 Å². The van der Waals surface area contributed by atoms with Crippen molar-refractivity contribution < 1.29 is 27.5 Å². The van der Waals surface area contributed by atoms with Crippen LogP contribution in [0.5, 0.6) is 11.5 Å². The van der Waals surface area contributed by atoms with E-state index in [9.17, 15) is 18.0 Å². The molecule has 0 heterocycles.